The normalized spacial score (nSPS) is 10.6. The first-order valence-corrected chi connectivity index (χ1v) is 3.42. The molecule has 0 aliphatic carbocycles. The van der Waals surface area contributed by atoms with Crippen LogP contribution in [0.5, 0.6) is 0 Å². The van der Waals surface area contributed by atoms with Crippen LogP contribution in [0.4, 0.5) is 4.79 Å². The zero-order valence-electron chi connectivity index (χ0n) is 5.03. The van der Waals surface area contributed by atoms with Crippen molar-refractivity contribution >= 4 is 16.5 Å². The van der Waals surface area contributed by atoms with E-state index in [-0.39, 0.29) is 0 Å². The van der Waals surface area contributed by atoms with Gasteiger partial charge in [-0.3, -0.25) is 10.0 Å². The van der Waals surface area contributed by atoms with Crippen molar-refractivity contribution < 1.29 is 22.1 Å². The fourth-order valence-electron chi connectivity index (χ4n) is 0.148. The minimum Gasteiger partial charge on any atom is -0.437 e. The number of ether oxygens (including phenoxy) is 1. The summed E-state index contributed by atoms with van der Waals surface area (Å²) in [7, 11) is -3.21. The molecular formula is C2H6N2O5S. The lowest BCUT2D eigenvalue weighted by molar-refractivity contribution is 0.123. The van der Waals surface area contributed by atoms with E-state index in [4.69, 9.17) is 0 Å². The van der Waals surface area contributed by atoms with E-state index in [2.05, 4.69) is 14.8 Å². The molecule has 0 atom stereocenters. The molecule has 0 radical (unpaired) electrons. The lowest BCUT2D eigenvalue weighted by atomic mass is 11.4. The summed E-state index contributed by atoms with van der Waals surface area (Å²) >= 11 is 0. The molecule has 0 amide bonds. The Labute approximate surface area is 57.3 Å². The van der Waals surface area contributed by atoms with Gasteiger partial charge in [-0.15, -0.1) is 4.83 Å². The van der Waals surface area contributed by atoms with Crippen LogP contribution >= 0.6 is 0 Å². The van der Waals surface area contributed by atoms with Gasteiger partial charge >= 0.3 is 16.5 Å². The summed E-state index contributed by atoms with van der Waals surface area (Å²) in [5.41, 5.74) is 0. The highest BCUT2D eigenvalue weighted by molar-refractivity contribution is 7.85. The van der Waals surface area contributed by atoms with E-state index < -0.39 is 16.5 Å². The minimum atomic E-state index is -4.18. The van der Waals surface area contributed by atoms with Crippen molar-refractivity contribution in [2.75, 3.05) is 7.11 Å². The first-order valence-electron chi connectivity index (χ1n) is 2.01. The van der Waals surface area contributed by atoms with E-state index in [1.807, 2.05) is 0 Å². The summed E-state index contributed by atoms with van der Waals surface area (Å²) < 4.78 is 27.9. The van der Waals surface area contributed by atoms with Crippen molar-refractivity contribution in [3.05, 3.63) is 0 Å². The average Bonchev–Trinajstić information content (AvgIpc) is 1.87. The summed E-state index contributed by atoms with van der Waals surface area (Å²) in [6.07, 6.45) is -1.35. The molecule has 0 rings (SSSR count). The Morgan fingerprint density at radius 3 is 2.40 bits per heavy atom. The van der Waals surface area contributed by atoms with Crippen LogP contribution in [0.1, 0.15) is 0 Å². The molecule has 0 heterocycles. The van der Waals surface area contributed by atoms with Crippen LogP contribution in [0, 0.1) is 0 Å². The first kappa shape index (κ1) is 9.14. The molecule has 3 N–H and O–H groups in total. The molecule has 10 heavy (non-hydrogen) atoms. The second kappa shape index (κ2) is 3.34. The maximum atomic E-state index is 10.2. The Bertz CT molecular complexity index is 208. The smallest absolute Gasteiger partial charge is 0.437 e. The first-order chi connectivity index (χ1) is 4.52. The number of nitrogens with two attached hydrogens (primary N) is 1. The van der Waals surface area contributed by atoms with Gasteiger partial charge in [-0.2, -0.15) is 8.42 Å². The van der Waals surface area contributed by atoms with Crippen molar-refractivity contribution in [1.29, 1.82) is 0 Å². The summed E-state index contributed by atoms with van der Waals surface area (Å²) in [4.78, 5) is 11.3. The van der Waals surface area contributed by atoms with Crippen molar-refractivity contribution in [2.45, 2.75) is 0 Å². The molecule has 0 aromatic carbocycles. The number of hydrogen-bond donors (Lipinski definition) is 2. The lowest BCUT2D eigenvalue weighted by Gasteiger charge is -1.99. The fraction of sp³-hybridized carbons (Fsp3) is 0.500. The number of carbonyl (C=O) groups excluding carboxylic acids is 1. The van der Waals surface area contributed by atoms with Crippen molar-refractivity contribution in [1.82, 2.24) is 4.83 Å². The Kier molecular flexibility index (Phi) is 3.06. The van der Waals surface area contributed by atoms with E-state index in [9.17, 15) is 13.2 Å². The van der Waals surface area contributed by atoms with Gasteiger partial charge in [0.25, 0.3) is 0 Å². The van der Waals surface area contributed by atoms with Gasteiger partial charge in [-0.1, -0.05) is 0 Å². The van der Waals surface area contributed by atoms with Crippen molar-refractivity contribution in [3.63, 3.8) is 0 Å². The maximum absolute atomic E-state index is 10.2. The zero-order chi connectivity index (χ0) is 8.20. The molecule has 0 unspecified atom stereocenters. The van der Waals surface area contributed by atoms with Crippen LogP contribution < -0.4 is 10.7 Å². The topological polar surface area (TPSA) is 108 Å². The summed E-state index contributed by atoms with van der Waals surface area (Å²) in [6.45, 7) is 0. The summed E-state index contributed by atoms with van der Waals surface area (Å²) in [5.74, 6) is 4.44. The van der Waals surface area contributed by atoms with Gasteiger partial charge in [0.05, 0.1) is 7.11 Å². The van der Waals surface area contributed by atoms with Gasteiger partial charge in [0.2, 0.25) is 0 Å². The monoisotopic (exact) mass is 170 g/mol. The van der Waals surface area contributed by atoms with Gasteiger partial charge in [0.15, 0.2) is 0 Å². The second-order valence-electron chi connectivity index (χ2n) is 1.11. The number of methoxy groups -OCH3 is 1. The zero-order valence-corrected chi connectivity index (χ0v) is 5.84. The molecule has 0 spiro atoms. The largest absolute Gasteiger partial charge is 0.524 e. The number of carbonyl (C=O) groups is 1. The van der Waals surface area contributed by atoms with Crippen LogP contribution in [-0.2, 0) is 19.2 Å². The van der Waals surface area contributed by atoms with E-state index in [1.54, 1.807) is 0 Å². The van der Waals surface area contributed by atoms with Crippen molar-refractivity contribution in [3.8, 4) is 0 Å². The Morgan fingerprint density at radius 2 is 2.10 bits per heavy atom. The highest BCUT2D eigenvalue weighted by atomic mass is 32.2. The van der Waals surface area contributed by atoms with E-state index in [0.717, 1.165) is 7.11 Å². The molecule has 8 heteroatoms. The van der Waals surface area contributed by atoms with E-state index in [1.165, 1.54) is 4.83 Å². The molecule has 0 aliphatic heterocycles. The Hall–Kier alpha value is -0.860. The second-order valence-corrected chi connectivity index (χ2v) is 2.42. The van der Waals surface area contributed by atoms with Gasteiger partial charge in [0.1, 0.15) is 0 Å². The molecule has 0 fully saturated rings. The third kappa shape index (κ3) is 3.22. The summed E-state index contributed by atoms with van der Waals surface area (Å²) in [6, 6.07) is 0. The van der Waals surface area contributed by atoms with Crippen LogP contribution in [0.3, 0.4) is 0 Å². The third-order valence-corrected chi connectivity index (χ3v) is 1.13. The number of hydrogen-bond acceptors (Lipinski definition) is 6. The molecule has 0 aromatic rings. The summed E-state index contributed by atoms with van der Waals surface area (Å²) in [5, 5.41) is 0. The number of nitrogens with one attached hydrogen (secondary N) is 1. The van der Waals surface area contributed by atoms with Crippen LogP contribution in [-0.4, -0.2) is 21.7 Å². The lowest BCUT2D eigenvalue weighted by Crippen LogP contribution is -2.33. The minimum absolute atomic E-state index is 0.967. The van der Waals surface area contributed by atoms with E-state index >= 15 is 0 Å². The fourth-order valence-corrected chi connectivity index (χ4v) is 0.443. The van der Waals surface area contributed by atoms with Crippen molar-refractivity contribution in [2.24, 2.45) is 5.84 Å². The van der Waals surface area contributed by atoms with Crippen LogP contribution in [0.15, 0.2) is 0 Å². The highest BCUT2D eigenvalue weighted by Crippen LogP contribution is 1.87. The average molecular weight is 170 g/mol. The number of rotatable bonds is 2. The maximum Gasteiger partial charge on any atom is 0.524 e. The molecule has 0 saturated carbocycles. The van der Waals surface area contributed by atoms with Gasteiger partial charge < -0.3 is 4.74 Å². The highest BCUT2D eigenvalue weighted by Gasteiger charge is 2.14. The molecule has 60 valence electrons. The molecule has 0 bridgehead atoms. The molecule has 0 saturated heterocycles. The van der Waals surface area contributed by atoms with Gasteiger partial charge in [-0.05, 0) is 0 Å². The SMILES string of the molecule is COC(=O)OS(=O)(=O)NN. The van der Waals surface area contributed by atoms with Crippen LogP contribution in [0.2, 0.25) is 0 Å². The predicted octanol–water partition coefficient (Wildman–Crippen LogP) is -1.52. The van der Waals surface area contributed by atoms with Gasteiger partial charge in [-0.25, -0.2) is 4.79 Å². The van der Waals surface area contributed by atoms with E-state index in [0.29, 0.717) is 0 Å². The predicted molar refractivity (Wildman–Crippen MR) is 29.7 cm³/mol. The third-order valence-electron chi connectivity index (χ3n) is 0.489. The molecule has 0 aromatic heterocycles. The molecular weight excluding hydrogens is 164 g/mol. The Morgan fingerprint density at radius 1 is 1.60 bits per heavy atom. The molecule has 7 nitrogen and oxygen atoms in total. The number of hydrazine groups is 1. The molecule has 0 aliphatic rings. The quantitative estimate of drug-likeness (QED) is 0.296. The Balaban J connectivity index is 4.03. The van der Waals surface area contributed by atoms with Gasteiger partial charge in [0, 0.05) is 0 Å². The standard InChI is InChI=1S/C2H6N2O5S/c1-8-2(5)9-10(6,7)4-3/h4H,3H2,1H3. The van der Waals surface area contributed by atoms with Crippen LogP contribution in [0.25, 0.3) is 0 Å².